The van der Waals surface area contributed by atoms with Gasteiger partial charge in [-0.25, -0.2) is 13.4 Å². The Morgan fingerprint density at radius 3 is 2.67 bits per heavy atom. The fourth-order valence-electron chi connectivity index (χ4n) is 2.21. The first-order valence-corrected chi connectivity index (χ1v) is 7.57. The fraction of sp³-hybridized carbons (Fsp3) is 0.583. The monoisotopic (exact) mass is 269 g/mol. The molecule has 1 aromatic rings. The lowest BCUT2D eigenvalue weighted by Crippen LogP contribution is -2.29. The van der Waals surface area contributed by atoms with Gasteiger partial charge in [0.05, 0.1) is 0 Å². The van der Waals surface area contributed by atoms with Gasteiger partial charge < -0.3 is 5.73 Å². The third kappa shape index (κ3) is 2.49. The van der Waals surface area contributed by atoms with Crippen molar-refractivity contribution < 1.29 is 8.42 Å². The number of hydrogen-bond donors (Lipinski definition) is 1. The molecule has 1 aliphatic rings. The van der Waals surface area contributed by atoms with Crippen molar-refractivity contribution in [2.45, 2.75) is 25.2 Å². The highest BCUT2D eigenvalue weighted by Gasteiger charge is 2.33. The second-order valence-electron chi connectivity index (χ2n) is 5.07. The van der Waals surface area contributed by atoms with Crippen LogP contribution < -0.4 is 5.73 Å². The van der Waals surface area contributed by atoms with Crippen molar-refractivity contribution in [1.29, 1.82) is 0 Å². The number of nitrogens with two attached hydrogens (primary N) is 1. The molecule has 1 fully saturated rings. The Balaban J connectivity index is 2.20. The number of pyridine rings is 1. The van der Waals surface area contributed by atoms with E-state index in [0.29, 0.717) is 30.7 Å². The second-order valence-corrected chi connectivity index (χ2v) is 7.01. The molecule has 1 unspecified atom stereocenters. The number of hydrogen-bond acceptors (Lipinski definition) is 4. The van der Waals surface area contributed by atoms with E-state index in [1.807, 2.05) is 0 Å². The molecule has 0 aliphatic carbocycles. The average molecular weight is 269 g/mol. The molecule has 0 aromatic carbocycles. The molecule has 1 aliphatic heterocycles. The van der Waals surface area contributed by atoms with E-state index < -0.39 is 10.0 Å². The maximum Gasteiger partial charge on any atom is 0.244 e. The Bertz CT molecular complexity index is 511. The molecule has 100 valence electrons. The van der Waals surface area contributed by atoms with Crippen LogP contribution in [-0.4, -0.2) is 30.8 Å². The minimum Gasteiger partial charge on any atom is -0.384 e. The van der Waals surface area contributed by atoms with Gasteiger partial charge in [-0.05, 0) is 30.4 Å². The van der Waals surface area contributed by atoms with E-state index in [9.17, 15) is 8.42 Å². The Morgan fingerprint density at radius 1 is 1.44 bits per heavy atom. The number of sulfonamides is 1. The molecule has 0 amide bonds. The van der Waals surface area contributed by atoms with Crippen LogP contribution in [0.1, 0.15) is 20.3 Å². The van der Waals surface area contributed by atoms with Crippen molar-refractivity contribution in [2.75, 3.05) is 18.8 Å². The van der Waals surface area contributed by atoms with Crippen LogP contribution in [0, 0.1) is 11.8 Å². The zero-order chi connectivity index (χ0) is 13.3. The molecule has 5 nitrogen and oxygen atoms in total. The lowest BCUT2D eigenvalue weighted by Gasteiger charge is -2.17. The molecule has 0 radical (unpaired) electrons. The Kier molecular flexibility index (Phi) is 3.59. The first kappa shape index (κ1) is 13.3. The van der Waals surface area contributed by atoms with E-state index in [-0.39, 0.29) is 4.90 Å². The number of nitrogens with zero attached hydrogens (tertiary/aromatic N) is 2. The molecule has 0 bridgehead atoms. The zero-order valence-electron chi connectivity index (χ0n) is 10.7. The van der Waals surface area contributed by atoms with Crippen molar-refractivity contribution in [3.05, 3.63) is 18.3 Å². The normalized spacial score (nSPS) is 21.6. The smallest absolute Gasteiger partial charge is 0.244 e. The van der Waals surface area contributed by atoms with E-state index in [2.05, 4.69) is 18.8 Å². The molecule has 0 spiro atoms. The van der Waals surface area contributed by atoms with Crippen LogP contribution in [0.15, 0.2) is 23.2 Å². The molecular weight excluding hydrogens is 250 g/mol. The van der Waals surface area contributed by atoms with Gasteiger partial charge in [-0.1, -0.05) is 13.8 Å². The first-order chi connectivity index (χ1) is 8.41. The predicted octanol–water partition coefficient (Wildman–Crippen LogP) is 1.33. The topological polar surface area (TPSA) is 76.3 Å². The summed E-state index contributed by atoms with van der Waals surface area (Å²) in [6, 6.07) is 3.03. The van der Waals surface area contributed by atoms with Gasteiger partial charge >= 0.3 is 0 Å². The predicted molar refractivity (Wildman–Crippen MR) is 70.4 cm³/mol. The van der Waals surface area contributed by atoms with Gasteiger partial charge in [0.1, 0.15) is 10.7 Å². The Labute approximate surface area is 108 Å². The zero-order valence-corrected chi connectivity index (χ0v) is 11.5. The number of nitrogen functional groups attached to an aromatic ring is 1. The summed E-state index contributed by atoms with van der Waals surface area (Å²) in [5.74, 6) is 1.28. The number of rotatable bonds is 3. The highest BCUT2D eigenvalue weighted by molar-refractivity contribution is 7.89. The first-order valence-electron chi connectivity index (χ1n) is 6.13. The van der Waals surface area contributed by atoms with Crippen molar-refractivity contribution in [3.63, 3.8) is 0 Å². The Morgan fingerprint density at radius 2 is 2.17 bits per heavy atom. The maximum absolute atomic E-state index is 12.4. The van der Waals surface area contributed by atoms with E-state index in [1.165, 1.54) is 18.3 Å². The summed E-state index contributed by atoms with van der Waals surface area (Å²) in [6.07, 6.45) is 2.26. The molecular formula is C12H19N3O2S. The van der Waals surface area contributed by atoms with Gasteiger partial charge in [-0.15, -0.1) is 0 Å². The van der Waals surface area contributed by atoms with Crippen LogP contribution in [0.25, 0.3) is 0 Å². The SMILES string of the molecule is CC(C)C1CCN(S(=O)(=O)c2ccc(N)nc2)C1. The van der Waals surface area contributed by atoms with Gasteiger partial charge in [-0.2, -0.15) is 4.31 Å². The van der Waals surface area contributed by atoms with E-state index >= 15 is 0 Å². The third-order valence-electron chi connectivity index (χ3n) is 3.53. The highest BCUT2D eigenvalue weighted by Crippen LogP contribution is 2.28. The number of aromatic nitrogens is 1. The molecule has 1 aromatic heterocycles. The summed E-state index contributed by atoms with van der Waals surface area (Å²) in [6.45, 7) is 5.46. The average Bonchev–Trinajstić information content (AvgIpc) is 2.79. The summed E-state index contributed by atoms with van der Waals surface area (Å²) < 4.78 is 26.3. The van der Waals surface area contributed by atoms with Crippen molar-refractivity contribution in [2.24, 2.45) is 11.8 Å². The van der Waals surface area contributed by atoms with Crippen LogP contribution in [-0.2, 0) is 10.0 Å². The summed E-state index contributed by atoms with van der Waals surface area (Å²) in [5, 5.41) is 0. The van der Waals surface area contributed by atoms with Gasteiger partial charge in [0.15, 0.2) is 0 Å². The standard InChI is InChI=1S/C12H19N3O2S/c1-9(2)10-5-6-15(8-10)18(16,17)11-3-4-12(13)14-7-11/h3-4,7,9-10H,5-6,8H2,1-2H3,(H2,13,14). The molecule has 6 heteroatoms. The minimum absolute atomic E-state index is 0.223. The molecule has 0 saturated carbocycles. The van der Waals surface area contributed by atoms with Gasteiger partial charge in [0.2, 0.25) is 10.0 Å². The molecule has 1 atom stereocenters. The van der Waals surface area contributed by atoms with Crippen LogP contribution in [0.5, 0.6) is 0 Å². The van der Waals surface area contributed by atoms with Crippen LogP contribution in [0.2, 0.25) is 0 Å². The quantitative estimate of drug-likeness (QED) is 0.898. The largest absolute Gasteiger partial charge is 0.384 e. The summed E-state index contributed by atoms with van der Waals surface area (Å²) in [4.78, 5) is 4.07. The van der Waals surface area contributed by atoms with E-state index in [0.717, 1.165) is 6.42 Å². The third-order valence-corrected chi connectivity index (χ3v) is 5.38. The van der Waals surface area contributed by atoms with Crippen LogP contribution >= 0.6 is 0 Å². The van der Waals surface area contributed by atoms with Gasteiger partial charge in [-0.3, -0.25) is 0 Å². The molecule has 1 saturated heterocycles. The lowest BCUT2D eigenvalue weighted by molar-refractivity contribution is 0.388. The van der Waals surface area contributed by atoms with Gasteiger partial charge in [0.25, 0.3) is 0 Å². The molecule has 18 heavy (non-hydrogen) atoms. The molecule has 2 N–H and O–H groups in total. The lowest BCUT2D eigenvalue weighted by atomic mass is 9.96. The highest BCUT2D eigenvalue weighted by atomic mass is 32.2. The Hall–Kier alpha value is -1.14. The van der Waals surface area contributed by atoms with Gasteiger partial charge in [0, 0.05) is 19.3 Å². The van der Waals surface area contributed by atoms with Crippen molar-refractivity contribution >= 4 is 15.8 Å². The minimum atomic E-state index is -3.41. The molecule has 2 heterocycles. The second kappa shape index (κ2) is 4.85. The van der Waals surface area contributed by atoms with E-state index in [1.54, 1.807) is 4.31 Å². The van der Waals surface area contributed by atoms with Crippen molar-refractivity contribution in [3.8, 4) is 0 Å². The van der Waals surface area contributed by atoms with Crippen molar-refractivity contribution in [1.82, 2.24) is 9.29 Å². The van der Waals surface area contributed by atoms with Crippen LogP contribution in [0.3, 0.4) is 0 Å². The summed E-state index contributed by atoms with van der Waals surface area (Å²) in [5.41, 5.74) is 5.47. The molecule has 2 rings (SSSR count). The van der Waals surface area contributed by atoms with Crippen LogP contribution in [0.4, 0.5) is 5.82 Å². The maximum atomic E-state index is 12.4. The fourth-order valence-corrected chi connectivity index (χ4v) is 3.67. The number of anilines is 1. The summed E-state index contributed by atoms with van der Waals surface area (Å²) >= 11 is 0. The summed E-state index contributed by atoms with van der Waals surface area (Å²) in [7, 11) is -3.41. The van der Waals surface area contributed by atoms with E-state index in [4.69, 9.17) is 5.73 Å².